The Labute approximate surface area is 110 Å². The highest BCUT2D eigenvalue weighted by Gasteiger charge is 2.38. The van der Waals surface area contributed by atoms with Crippen molar-refractivity contribution in [3.63, 3.8) is 0 Å². The first kappa shape index (κ1) is 15.9. The highest BCUT2D eigenvalue weighted by atomic mass is 19.4. The first-order chi connectivity index (χ1) is 9.12. The Kier molecular flexibility index (Phi) is 4.66. The van der Waals surface area contributed by atoms with Gasteiger partial charge >= 0.3 is 6.18 Å². The molecule has 0 fully saturated rings. The fourth-order valence-corrected chi connectivity index (χ4v) is 1.30. The average molecular weight is 293 g/mol. The summed E-state index contributed by atoms with van der Waals surface area (Å²) in [5.41, 5.74) is -0.618. The largest absolute Gasteiger partial charge is 0.490 e. The molecule has 110 valence electrons. The highest BCUT2D eigenvalue weighted by Crippen LogP contribution is 2.26. The summed E-state index contributed by atoms with van der Waals surface area (Å²) in [6.07, 6.45) is -7.56. The van der Waals surface area contributed by atoms with Gasteiger partial charge in [0, 0.05) is 12.1 Å². The van der Waals surface area contributed by atoms with Crippen LogP contribution < -0.4 is 4.74 Å². The summed E-state index contributed by atoms with van der Waals surface area (Å²) in [5.74, 6) is -0.864. The lowest BCUT2D eigenvalue weighted by Crippen LogP contribution is -2.34. The number of aliphatic hydroxyl groups is 1. The maximum Gasteiger partial charge on any atom is 0.417 e. The summed E-state index contributed by atoms with van der Waals surface area (Å²) < 4.78 is 41.0. The fourth-order valence-electron chi connectivity index (χ4n) is 1.30. The van der Waals surface area contributed by atoms with Gasteiger partial charge in [-0.25, -0.2) is 0 Å². The monoisotopic (exact) mass is 293 g/mol. The van der Waals surface area contributed by atoms with Crippen molar-refractivity contribution in [2.75, 3.05) is 6.61 Å². The third-order valence-corrected chi connectivity index (χ3v) is 2.33. The number of halogens is 3. The number of nitro benzene ring substituents is 1. The highest BCUT2D eigenvalue weighted by molar-refractivity contribution is 5.97. The van der Waals surface area contributed by atoms with Crippen LogP contribution in [0.25, 0.3) is 0 Å². The van der Waals surface area contributed by atoms with Crippen molar-refractivity contribution in [2.45, 2.75) is 19.2 Å². The molecule has 20 heavy (non-hydrogen) atoms. The number of non-ortho nitro benzene ring substituents is 1. The zero-order valence-corrected chi connectivity index (χ0v) is 10.2. The Balaban J connectivity index is 2.95. The lowest BCUT2D eigenvalue weighted by atomic mass is 10.1. The SMILES string of the molecule is CC(=O)c1cc([N+](=O)[O-])ccc1OCC(O)C(F)(F)F. The van der Waals surface area contributed by atoms with Gasteiger partial charge in [-0.2, -0.15) is 13.2 Å². The number of ketones is 1. The van der Waals surface area contributed by atoms with Crippen molar-refractivity contribution in [3.8, 4) is 5.75 Å². The quantitative estimate of drug-likeness (QED) is 0.510. The van der Waals surface area contributed by atoms with E-state index in [0.29, 0.717) is 0 Å². The summed E-state index contributed by atoms with van der Waals surface area (Å²) >= 11 is 0. The fraction of sp³-hybridized carbons (Fsp3) is 0.364. The van der Waals surface area contributed by atoms with Crippen LogP contribution in [0.1, 0.15) is 17.3 Å². The molecule has 0 spiro atoms. The van der Waals surface area contributed by atoms with Crippen LogP contribution in [0.3, 0.4) is 0 Å². The van der Waals surface area contributed by atoms with Gasteiger partial charge in [0.2, 0.25) is 0 Å². The molecule has 0 radical (unpaired) electrons. The van der Waals surface area contributed by atoms with Crippen molar-refractivity contribution in [1.82, 2.24) is 0 Å². The first-order valence-electron chi connectivity index (χ1n) is 5.30. The minimum absolute atomic E-state index is 0.228. The summed E-state index contributed by atoms with van der Waals surface area (Å²) in [5, 5.41) is 19.3. The summed E-state index contributed by atoms with van der Waals surface area (Å²) in [4.78, 5) is 21.1. The second kappa shape index (κ2) is 5.87. The van der Waals surface area contributed by atoms with Crippen LogP contribution in [0, 0.1) is 10.1 Å². The van der Waals surface area contributed by atoms with Gasteiger partial charge in [0.05, 0.1) is 10.5 Å². The van der Waals surface area contributed by atoms with Gasteiger partial charge in [-0.05, 0) is 13.0 Å². The van der Waals surface area contributed by atoms with Crippen molar-refractivity contribution in [2.24, 2.45) is 0 Å². The number of rotatable bonds is 5. The number of benzene rings is 1. The van der Waals surface area contributed by atoms with Gasteiger partial charge in [-0.1, -0.05) is 0 Å². The molecule has 0 aromatic heterocycles. The maximum absolute atomic E-state index is 12.1. The lowest BCUT2D eigenvalue weighted by Gasteiger charge is -2.16. The van der Waals surface area contributed by atoms with E-state index in [1.807, 2.05) is 0 Å². The number of nitro groups is 1. The molecule has 6 nitrogen and oxygen atoms in total. The molecule has 9 heteroatoms. The molecule has 1 N–H and O–H groups in total. The number of carbonyl (C=O) groups is 1. The van der Waals surface area contributed by atoms with E-state index in [1.165, 1.54) is 0 Å². The van der Waals surface area contributed by atoms with E-state index in [2.05, 4.69) is 0 Å². The molecule has 0 aliphatic carbocycles. The second-order valence-corrected chi connectivity index (χ2v) is 3.86. The molecule has 0 aliphatic heterocycles. The Bertz CT molecular complexity index is 529. The topological polar surface area (TPSA) is 89.7 Å². The molecule has 0 heterocycles. The zero-order valence-electron chi connectivity index (χ0n) is 10.2. The third kappa shape index (κ3) is 3.92. The maximum atomic E-state index is 12.1. The number of ether oxygens (including phenoxy) is 1. The molecule has 0 aliphatic rings. The van der Waals surface area contributed by atoms with Crippen molar-refractivity contribution in [1.29, 1.82) is 0 Å². The molecule has 1 atom stereocenters. The lowest BCUT2D eigenvalue weighted by molar-refractivity contribution is -0.384. The number of carbonyl (C=O) groups excluding carboxylic acids is 1. The van der Waals surface area contributed by atoms with Crippen LogP contribution in [-0.4, -0.2) is 34.7 Å². The van der Waals surface area contributed by atoms with E-state index in [9.17, 15) is 28.1 Å². The number of Topliss-reactive ketones (excluding diaryl/α,β-unsaturated/α-hetero) is 1. The predicted molar refractivity (Wildman–Crippen MR) is 60.7 cm³/mol. The Hall–Kier alpha value is -2.16. The Morgan fingerprint density at radius 2 is 2.10 bits per heavy atom. The van der Waals surface area contributed by atoms with Gasteiger partial charge in [-0.15, -0.1) is 0 Å². The average Bonchev–Trinajstić information content (AvgIpc) is 2.34. The summed E-state index contributed by atoms with van der Waals surface area (Å²) in [6.45, 7) is -0.0201. The van der Waals surface area contributed by atoms with Crippen molar-refractivity contribution < 1.29 is 32.7 Å². The van der Waals surface area contributed by atoms with E-state index < -0.39 is 29.6 Å². The molecule has 1 aromatic carbocycles. The van der Waals surface area contributed by atoms with E-state index >= 15 is 0 Å². The molecule has 0 saturated heterocycles. The van der Waals surface area contributed by atoms with Gasteiger partial charge in [0.1, 0.15) is 12.4 Å². The van der Waals surface area contributed by atoms with E-state index in [0.717, 1.165) is 25.1 Å². The van der Waals surface area contributed by atoms with Crippen LogP contribution in [0.15, 0.2) is 18.2 Å². The molecule has 0 bridgehead atoms. The standard InChI is InChI=1S/C11H10F3NO5/c1-6(16)8-4-7(15(18)19)2-3-9(8)20-5-10(17)11(12,13)14/h2-4,10,17H,5H2,1H3. The van der Waals surface area contributed by atoms with Gasteiger partial charge in [0.25, 0.3) is 5.69 Å². The second-order valence-electron chi connectivity index (χ2n) is 3.86. The third-order valence-electron chi connectivity index (χ3n) is 2.33. The number of alkyl halides is 3. The van der Waals surface area contributed by atoms with E-state index in [4.69, 9.17) is 9.84 Å². The van der Waals surface area contributed by atoms with Crippen LogP contribution >= 0.6 is 0 Å². The number of hydrogen-bond donors (Lipinski definition) is 1. The summed E-state index contributed by atoms with van der Waals surface area (Å²) in [7, 11) is 0. The van der Waals surface area contributed by atoms with Gasteiger partial charge in [-0.3, -0.25) is 14.9 Å². The van der Waals surface area contributed by atoms with Crippen molar-refractivity contribution >= 4 is 11.5 Å². The minimum Gasteiger partial charge on any atom is -0.490 e. The molecular formula is C11H10F3NO5. The minimum atomic E-state index is -4.85. The van der Waals surface area contributed by atoms with Crippen LogP contribution in [0.5, 0.6) is 5.75 Å². The van der Waals surface area contributed by atoms with Crippen LogP contribution in [-0.2, 0) is 0 Å². The van der Waals surface area contributed by atoms with E-state index in [-0.39, 0.29) is 17.0 Å². The number of nitrogens with zero attached hydrogens (tertiary/aromatic N) is 1. The predicted octanol–water partition coefficient (Wildman–Crippen LogP) is 2.10. The van der Waals surface area contributed by atoms with Gasteiger partial charge in [0.15, 0.2) is 11.9 Å². The molecule has 1 aromatic rings. The molecular weight excluding hydrogens is 283 g/mol. The molecule has 1 unspecified atom stereocenters. The van der Waals surface area contributed by atoms with Crippen molar-refractivity contribution in [3.05, 3.63) is 33.9 Å². The number of hydrogen-bond acceptors (Lipinski definition) is 5. The van der Waals surface area contributed by atoms with Crippen LogP contribution in [0.2, 0.25) is 0 Å². The zero-order chi connectivity index (χ0) is 15.5. The molecule has 0 amide bonds. The molecule has 1 rings (SSSR count). The summed E-state index contributed by atoms with van der Waals surface area (Å²) in [6, 6.07) is 2.90. The normalized spacial score (nSPS) is 12.8. The number of aliphatic hydroxyl groups excluding tert-OH is 1. The van der Waals surface area contributed by atoms with Crippen LogP contribution in [0.4, 0.5) is 18.9 Å². The smallest absolute Gasteiger partial charge is 0.417 e. The van der Waals surface area contributed by atoms with Gasteiger partial charge < -0.3 is 9.84 Å². The molecule has 0 saturated carbocycles. The van der Waals surface area contributed by atoms with E-state index in [1.54, 1.807) is 0 Å². The Morgan fingerprint density at radius 1 is 1.50 bits per heavy atom. The first-order valence-corrected chi connectivity index (χ1v) is 5.30. The Morgan fingerprint density at radius 3 is 2.55 bits per heavy atom.